The monoisotopic (exact) mass is 361 g/mol. The molecule has 136 valence electrons. The summed E-state index contributed by atoms with van der Waals surface area (Å²) in [6.07, 6.45) is 1.64. The number of nitrogens with one attached hydrogen (secondary N) is 2. The highest BCUT2D eigenvalue weighted by Gasteiger charge is 2.15. The number of carbonyl (C=O) groups is 1. The molecule has 6 heteroatoms. The van der Waals surface area contributed by atoms with E-state index in [4.69, 9.17) is 0 Å². The van der Waals surface area contributed by atoms with Gasteiger partial charge in [-0.1, -0.05) is 12.1 Å². The standard InChI is InChI=1S/C19H27N3O2S/c1-14(10-16-8-9-25-13-16)21-19(24)20-12-17(22(2)3)11-15-4-6-18(23)7-5-15/h4-9,13-14,17,23H,10-12H2,1-3H3,(H2,20,21,24)/t14-,17+/m0/s1. The third-order valence-corrected chi connectivity index (χ3v) is 4.87. The number of hydrogen-bond acceptors (Lipinski definition) is 4. The van der Waals surface area contributed by atoms with Gasteiger partial charge in [0.25, 0.3) is 0 Å². The Labute approximate surface area is 153 Å². The van der Waals surface area contributed by atoms with Gasteiger partial charge in [-0.25, -0.2) is 4.79 Å². The summed E-state index contributed by atoms with van der Waals surface area (Å²) in [6, 6.07) is 9.42. The number of hydrogen-bond donors (Lipinski definition) is 3. The first kappa shape index (κ1) is 19.3. The Morgan fingerprint density at radius 2 is 1.88 bits per heavy atom. The van der Waals surface area contributed by atoms with Gasteiger partial charge >= 0.3 is 6.03 Å². The topological polar surface area (TPSA) is 64.6 Å². The molecule has 25 heavy (non-hydrogen) atoms. The summed E-state index contributed by atoms with van der Waals surface area (Å²) < 4.78 is 0. The Bertz CT molecular complexity index is 641. The van der Waals surface area contributed by atoms with Crippen LogP contribution in [0.3, 0.4) is 0 Å². The largest absolute Gasteiger partial charge is 0.508 e. The molecular weight excluding hydrogens is 334 g/mol. The van der Waals surface area contributed by atoms with Gasteiger partial charge in [-0.3, -0.25) is 0 Å². The molecule has 0 saturated heterocycles. The predicted octanol–water partition coefficient (Wildman–Crippen LogP) is 2.86. The van der Waals surface area contributed by atoms with E-state index in [0.29, 0.717) is 6.54 Å². The molecule has 0 saturated carbocycles. The fourth-order valence-electron chi connectivity index (χ4n) is 2.64. The molecule has 5 nitrogen and oxygen atoms in total. The zero-order valence-corrected chi connectivity index (χ0v) is 15.8. The van der Waals surface area contributed by atoms with E-state index in [2.05, 4.69) is 27.0 Å². The SMILES string of the molecule is C[C@@H](Cc1ccsc1)NC(=O)NC[C@@H](Cc1ccc(O)cc1)N(C)C. The minimum absolute atomic E-state index is 0.0875. The van der Waals surface area contributed by atoms with Crippen LogP contribution in [0.25, 0.3) is 0 Å². The lowest BCUT2D eigenvalue weighted by Crippen LogP contribution is -2.47. The van der Waals surface area contributed by atoms with Crippen molar-refractivity contribution < 1.29 is 9.90 Å². The van der Waals surface area contributed by atoms with Gasteiger partial charge in [-0.15, -0.1) is 0 Å². The summed E-state index contributed by atoms with van der Waals surface area (Å²) in [7, 11) is 4.01. The van der Waals surface area contributed by atoms with Crippen LogP contribution in [0.4, 0.5) is 4.79 Å². The van der Waals surface area contributed by atoms with Crippen LogP contribution < -0.4 is 10.6 Å². The molecule has 2 aromatic rings. The number of carbonyl (C=O) groups excluding carboxylic acids is 1. The van der Waals surface area contributed by atoms with Crippen LogP contribution in [0.1, 0.15) is 18.1 Å². The van der Waals surface area contributed by atoms with Crippen molar-refractivity contribution >= 4 is 17.4 Å². The van der Waals surface area contributed by atoms with Gasteiger partial charge in [0.1, 0.15) is 5.75 Å². The minimum atomic E-state index is -0.139. The van der Waals surface area contributed by atoms with Crippen LogP contribution in [0.5, 0.6) is 5.75 Å². The molecule has 0 aliphatic heterocycles. The first-order chi connectivity index (χ1) is 11.9. The fraction of sp³-hybridized carbons (Fsp3) is 0.421. The Kier molecular flexibility index (Phi) is 7.28. The lowest BCUT2D eigenvalue weighted by atomic mass is 10.0. The van der Waals surface area contributed by atoms with Crippen LogP contribution in [-0.4, -0.2) is 48.8 Å². The second-order valence-corrected chi connectivity index (χ2v) is 7.36. The van der Waals surface area contributed by atoms with Gasteiger partial charge in [0.05, 0.1) is 0 Å². The maximum absolute atomic E-state index is 12.1. The van der Waals surface area contributed by atoms with Crippen molar-refractivity contribution in [3.8, 4) is 5.75 Å². The second-order valence-electron chi connectivity index (χ2n) is 6.58. The summed E-state index contributed by atoms with van der Waals surface area (Å²) in [6.45, 7) is 2.57. The van der Waals surface area contributed by atoms with E-state index >= 15 is 0 Å². The molecule has 1 aromatic carbocycles. The number of benzene rings is 1. The van der Waals surface area contributed by atoms with E-state index in [0.717, 1.165) is 18.4 Å². The van der Waals surface area contributed by atoms with Crippen molar-refractivity contribution in [3.63, 3.8) is 0 Å². The number of nitrogens with zero attached hydrogens (tertiary/aromatic N) is 1. The van der Waals surface area contributed by atoms with Crippen LogP contribution in [0.2, 0.25) is 0 Å². The fourth-order valence-corrected chi connectivity index (χ4v) is 3.32. The Morgan fingerprint density at radius 3 is 2.48 bits per heavy atom. The summed E-state index contributed by atoms with van der Waals surface area (Å²) in [5.74, 6) is 0.266. The average Bonchev–Trinajstić information content (AvgIpc) is 3.05. The first-order valence-corrected chi connectivity index (χ1v) is 9.38. The molecule has 0 spiro atoms. The third kappa shape index (κ3) is 6.76. The van der Waals surface area contributed by atoms with Crippen molar-refractivity contribution in [1.29, 1.82) is 0 Å². The number of likely N-dealkylation sites (N-methyl/N-ethyl adjacent to an activating group) is 1. The molecule has 2 amide bonds. The molecule has 0 aliphatic rings. The van der Waals surface area contributed by atoms with E-state index in [1.165, 1.54) is 5.56 Å². The molecule has 0 bridgehead atoms. The summed E-state index contributed by atoms with van der Waals surface area (Å²) in [5, 5.41) is 19.5. The highest BCUT2D eigenvalue weighted by Crippen LogP contribution is 2.12. The lowest BCUT2D eigenvalue weighted by molar-refractivity contribution is 0.229. The van der Waals surface area contributed by atoms with E-state index < -0.39 is 0 Å². The molecule has 2 rings (SSSR count). The molecule has 3 N–H and O–H groups in total. The first-order valence-electron chi connectivity index (χ1n) is 8.44. The molecule has 0 unspecified atom stereocenters. The Morgan fingerprint density at radius 1 is 1.16 bits per heavy atom. The third-order valence-electron chi connectivity index (χ3n) is 4.14. The van der Waals surface area contributed by atoms with Crippen molar-refractivity contribution in [2.45, 2.75) is 31.8 Å². The second kappa shape index (κ2) is 9.44. The van der Waals surface area contributed by atoms with Crippen LogP contribution in [-0.2, 0) is 12.8 Å². The number of thiophene rings is 1. The van der Waals surface area contributed by atoms with Gasteiger partial charge in [0.2, 0.25) is 0 Å². The number of rotatable bonds is 8. The predicted molar refractivity (Wildman–Crippen MR) is 103 cm³/mol. The van der Waals surface area contributed by atoms with E-state index in [-0.39, 0.29) is 23.9 Å². The number of urea groups is 1. The van der Waals surface area contributed by atoms with Gasteiger partial charge in [-0.2, -0.15) is 11.3 Å². The normalized spacial score (nSPS) is 13.4. The lowest BCUT2D eigenvalue weighted by Gasteiger charge is -2.25. The molecule has 0 fully saturated rings. The van der Waals surface area contributed by atoms with Gasteiger partial charge in [-0.05, 0) is 73.9 Å². The van der Waals surface area contributed by atoms with E-state index in [9.17, 15) is 9.90 Å². The van der Waals surface area contributed by atoms with Gasteiger partial charge < -0.3 is 20.6 Å². The number of amides is 2. The highest BCUT2D eigenvalue weighted by molar-refractivity contribution is 7.07. The van der Waals surface area contributed by atoms with Gasteiger partial charge in [0, 0.05) is 18.6 Å². The number of aromatic hydroxyl groups is 1. The molecular formula is C19H27N3O2S. The highest BCUT2D eigenvalue weighted by atomic mass is 32.1. The molecule has 0 radical (unpaired) electrons. The quantitative estimate of drug-likeness (QED) is 0.677. The Hall–Kier alpha value is -2.05. The maximum atomic E-state index is 12.1. The van der Waals surface area contributed by atoms with Crippen molar-refractivity contribution in [2.24, 2.45) is 0 Å². The van der Waals surface area contributed by atoms with Crippen LogP contribution in [0, 0.1) is 0 Å². The summed E-state index contributed by atoms with van der Waals surface area (Å²) in [5.41, 5.74) is 2.38. The van der Waals surface area contributed by atoms with E-state index in [1.54, 1.807) is 23.5 Å². The van der Waals surface area contributed by atoms with E-state index in [1.807, 2.05) is 38.5 Å². The minimum Gasteiger partial charge on any atom is -0.508 e. The Balaban J connectivity index is 1.79. The molecule has 1 aromatic heterocycles. The van der Waals surface area contributed by atoms with Gasteiger partial charge in [0.15, 0.2) is 0 Å². The van der Waals surface area contributed by atoms with Crippen LogP contribution in [0.15, 0.2) is 41.1 Å². The number of phenolic OH excluding ortho intramolecular Hbond substituents is 1. The van der Waals surface area contributed by atoms with Crippen molar-refractivity contribution in [3.05, 3.63) is 52.2 Å². The zero-order chi connectivity index (χ0) is 18.2. The zero-order valence-electron chi connectivity index (χ0n) is 15.0. The molecule has 2 atom stereocenters. The summed E-state index contributed by atoms with van der Waals surface area (Å²) >= 11 is 1.67. The smallest absolute Gasteiger partial charge is 0.315 e. The van der Waals surface area contributed by atoms with Crippen molar-refractivity contribution in [1.82, 2.24) is 15.5 Å². The van der Waals surface area contributed by atoms with Crippen molar-refractivity contribution in [2.75, 3.05) is 20.6 Å². The number of phenols is 1. The van der Waals surface area contributed by atoms with Crippen LogP contribution >= 0.6 is 11.3 Å². The maximum Gasteiger partial charge on any atom is 0.315 e. The average molecular weight is 362 g/mol. The molecule has 0 aliphatic carbocycles. The summed E-state index contributed by atoms with van der Waals surface area (Å²) in [4.78, 5) is 14.2. The molecule has 1 heterocycles.